The highest BCUT2D eigenvalue weighted by Gasteiger charge is 2.10. The maximum absolute atomic E-state index is 13.1. The summed E-state index contributed by atoms with van der Waals surface area (Å²) in [5.41, 5.74) is 0. The van der Waals surface area contributed by atoms with Gasteiger partial charge < -0.3 is 4.57 Å². The zero-order valence-electron chi connectivity index (χ0n) is 8.90. The number of rotatable bonds is 1. The average Bonchev–Trinajstić information content (AvgIpc) is 2.83. The van der Waals surface area contributed by atoms with Crippen LogP contribution in [0, 0.1) is 10.6 Å². The van der Waals surface area contributed by atoms with Crippen LogP contribution in [0.2, 0.25) is 0 Å². The first-order chi connectivity index (χ1) is 8.15. The summed E-state index contributed by atoms with van der Waals surface area (Å²) in [5, 5.41) is 7.92. The molecule has 3 nitrogen and oxygen atoms in total. The Morgan fingerprint density at radius 3 is 2.94 bits per heavy atom. The van der Waals surface area contributed by atoms with E-state index in [9.17, 15) is 4.39 Å². The molecule has 3 rings (SSSR count). The third-order valence-corrected chi connectivity index (χ3v) is 4.04. The molecule has 1 aromatic carbocycles. The van der Waals surface area contributed by atoms with Gasteiger partial charge in [0.15, 0.2) is 10.6 Å². The smallest absolute Gasteiger partial charge is 0.195 e. The predicted molar refractivity (Wildman–Crippen MR) is 69.2 cm³/mol. The molecule has 0 aliphatic rings. The predicted octanol–water partition coefficient (Wildman–Crippen LogP) is 3.50. The number of benzene rings is 1. The summed E-state index contributed by atoms with van der Waals surface area (Å²) < 4.78 is 16.4. The van der Waals surface area contributed by atoms with Crippen LogP contribution in [0.15, 0.2) is 24.3 Å². The molecule has 0 atom stereocenters. The van der Waals surface area contributed by atoms with E-state index in [1.165, 1.54) is 23.5 Å². The minimum absolute atomic E-state index is 0.221. The first-order valence-corrected chi connectivity index (χ1v) is 6.18. The summed E-state index contributed by atoms with van der Waals surface area (Å²) in [7, 11) is 1.85. The van der Waals surface area contributed by atoms with Gasteiger partial charge >= 0.3 is 0 Å². The van der Waals surface area contributed by atoms with Gasteiger partial charge in [-0.15, -0.1) is 11.3 Å². The molecule has 0 aliphatic heterocycles. The Balaban J connectivity index is 2.25. The van der Waals surface area contributed by atoms with Crippen molar-refractivity contribution in [3.05, 3.63) is 34.9 Å². The SMILES string of the molecule is Cn1c(-c2cc3ccc(F)cc3s2)n[nH]c1=S. The molecule has 86 valence electrons. The topological polar surface area (TPSA) is 33.6 Å². The van der Waals surface area contributed by atoms with Gasteiger partial charge in [0.05, 0.1) is 4.88 Å². The minimum Gasteiger partial charge on any atom is -0.303 e. The molecule has 0 bridgehead atoms. The molecule has 0 saturated carbocycles. The molecule has 0 spiro atoms. The Hall–Kier alpha value is -1.53. The molecule has 3 aromatic rings. The lowest BCUT2D eigenvalue weighted by molar-refractivity contribution is 0.630. The third kappa shape index (κ3) is 1.69. The molecule has 1 N–H and O–H groups in total. The van der Waals surface area contributed by atoms with Crippen molar-refractivity contribution in [2.24, 2.45) is 7.05 Å². The Morgan fingerprint density at radius 2 is 2.24 bits per heavy atom. The number of hydrogen-bond donors (Lipinski definition) is 1. The summed E-state index contributed by atoms with van der Waals surface area (Å²) in [6.07, 6.45) is 0. The van der Waals surface area contributed by atoms with Crippen LogP contribution in [0.5, 0.6) is 0 Å². The molecular weight excluding hydrogens is 257 g/mol. The van der Waals surface area contributed by atoms with Gasteiger partial charge in [-0.25, -0.2) is 4.39 Å². The number of nitrogens with one attached hydrogen (secondary N) is 1. The average molecular weight is 265 g/mol. The number of nitrogens with zero attached hydrogens (tertiary/aromatic N) is 2. The highest BCUT2D eigenvalue weighted by molar-refractivity contribution is 7.71. The lowest BCUT2D eigenvalue weighted by Crippen LogP contribution is -1.89. The fourth-order valence-corrected chi connectivity index (χ4v) is 2.93. The number of aromatic nitrogens is 3. The lowest BCUT2D eigenvalue weighted by atomic mass is 10.2. The van der Waals surface area contributed by atoms with Crippen LogP contribution in [-0.2, 0) is 7.05 Å². The molecule has 6 heteroatoms. The molecule has 0 unspecified atom stereocenters. The van der Waals surface area contributed by atoms with Crippen LogP contribution in [0.4, 0.5) is 4.39 Å². The van der Waals surface area contributed by atoms with Crippen LogP contribution in [0.1, 0.15) is 0 Å². The Labute approximate surface area is 106 Å². The quantitative estimate of drug-likeness (QED) is 0.683. The monoisotopic (exact) mass is 265 g/mol. The van der Waals surface area contributed by atoms with Crippen molar-refractivity contribution >= 4 is 33.6 Å². The van der Waals surface area contributed by atoms with Gasteiger partial charge in [-0.1, -0.05) is 6.07 Å². The number of hydrogen-bond acceptors (Lipinski definition) is 3. The maximum atomic E-state index is 13.1. The van der Waals surface area contributed by atoms with Crippen molar-refractivity contribution < 1.29 is 4.39 Å². The fourth-order valence-electron chi connectivity index (χ4n) is 1.68. The Morgan fingerprint density at radius 1 is 1.41 bits per heavy atom. The van der Waals surface area contributed by atoms with Gasteiger partial charge in [0, 0.05) is 11.7 Å². The molecule has 0 amide bonds. The third-order valence-electron chi connectivity index (χ3n) is 2.58. The number of H-pyrrole nitrogens is 1. The van der Waals surface area contributed by atoms with Crippen molar-refractivity contribution in [2.75, 3.05) is 0 Å². The number of halogens is 1. The van der Waals surface area contributed by atoms with Crippen LogP contribution in [-0.4, -0.2) is 14.8 Å². The van der Waals surface area contributed by atoms with Crippen molar-refractivity contribution in [3.8, 4) is 10.7 Å². The summed E-state index contributed by atoms with van der Waals surface area (Å²) in [5.74, 6) is 0.554. The number of thiophene rings is 1. The molecule has 2 heterocycles. The van der Waals surface area contributed by atoms with E-state index >= 15 is 0 Å². The second-order valence-electron chi connectivity index (χ2n) is 3.70. The van der Waals surface area contributed by atoms with E-state index in [4.69, 9.17) is 12.2 Å². The van der Waals surface area contributed by atoms with Gasteiger partial charge in [0.2, 0.25) is 0 Å². The van der Waals surface area contributed by atoms with Gasteiger partial charge in [-0.3, -0.25) is 5.10 Å². The zero-order chi connectivity index (χ0) is 12.0. The van der Waals surface area contributed by atoms with E-state index in [1.54, 1.807) is 10.6 Å². The van der Waals surface area contributed by atoms with E-state index < -0.39 is 0 Å². The minimum atomic E-state index is -0.221. The molecule has 0 saturated heterocycles. The lowest BCUT2D eigenvalue weighted by Gasteiger charge is -1.94. The Bertz CT molecular complexity index is 754. The van der Waals surface area contributed by atoms with Crippen molar-refractivity contribution in [1.82, 2.24) is 14.8 Å². The van der Waals surface area contributed by atoms with E-state index in [1.807, 2.05) is 13.1 Å². The van der Waals surface area contributed by atoms with E-state index in [2.05, 4.69) is 10.2 Å². The highest BCUT2D eigenvalue weighted by atomic mass is 32.1. The van der Waals surface area contributed by atoms with Gasteiger partial charge in [-0.2, -0.15) is 5.10 Å². The summed E-state index contributed by atoms with van der Waals surface area (Å²) >= 11 is 6.57. The van der Waals surface area contributed by atoms with E-state index in [-0.39, 0.29) is 5.82 Å². The fraction of sp³-hybridized carbons (Fsp3) is 0.0909. The van der Waals surface area contributed by atoms with Crippen LogP contribution >= 0.6 is 23.6 Å². The Kier molecular flexibility index (Phi) is 2.34. The standard InChI is InChI=1S/C11H8FN3S2/c1-15-10(13-14-11(15)16)9-4-6-2-3-7(12)5-8(6)17-9/h2-5H,1H3,(H,14,16). The summed E-state index contributed by atoms with van der Waals surface area (Å²) in [6, 6.07) is 6.75. The largest absolute Gasteiger partial charge is 0.303 e. The number of aromatic amines is 1. The van der Waals surface area contributed by atoms with Crippen molar-refractivity contribution in [3.63, 3.8) is 0 Å². The summed E-state index contributed by atoms with van der Waals surface area (Å²) in [6.45, 7) is 0. The van der Waals surface area contributed by atoms with Crippen LogP contribution < -0.4 is 0 Å². The molecule has 0 fully saturated rings. The first kappa shape index (κ1) is 10.6. The number of fused-ring (bicyclic) bond motifs is 1. The summed E-state index contributed by atoms with van der Waals surface area (Å²) in [4.78, 5) is 0.973. The van der Waals surface area contributed by atoms with Gasteiger partial charge in [-0.05, 0) is 35.8 Å². The highest BCUT2D eigenvalue weighted by Crippen LogP contribution is 2.32. The normalized spacial score (nSPS) is 11.2. The first-order valence-electron chi connectivity index (χ1n) is 4.96. The second kappa shape index (κ2) is 3.75. The molecule has 17 heavy (non-hydrogen) atoms. The molecule has 0 aliphatic carbocycles. The van der Waals surface area contributed by atoms with Crippen molar-refractivity contribution in [1.29, 1.82) is 0 Å². The van der Waals surface area contributed by atoms with Gasteiger partial charge in [0.25, 0.3) is 0 Å². The van der Waals surface area contributed by atoms with Gasteiger partial charge in [0.1, 0.15) is 5.82 Å². The zero-order valence-corrected chi connectivity index (χ0v) is 10.5. The van der Waals surface area contributed by atoms with E-state index in [0.29, 0.717) is 4.77 Å². The molecule has 0 radical (unpaired) electrons. The van der Waals surface area contributed by atoms with E-state index in [0.717, 1.165) is 20.8 Å². The maximum Gasteiger partial charge on any atom is 0.195 e. The molecular formula is C11H8FN3S2. The van der Waals surface area contributed by atoms with Crippen LogP contribution in [0.3, 0.4) is 0 Å². The van der Waals surface area contributed by atoms with Crippen LogP contribution in [0.25, 0.3) is 20.8 Å². The molecule has 2 aromatic heterocycles. The van der Waals surface area contributed by atoms with Crippen molar-refractivity contribution in [2.45, 2.75) is 0 Å². The second-order valence-corrected chi connectivity index (χ2v) is 5.17.